The summed E-state index contributed by atoms with van der Waals surface area (Å²) >= 11 is 3.83. The van der Waals surface area contributed by atoms with Crippen molar-refractivity contribution in [3.05, 3.63) is 59.2 Å². The van der Waals surface area contributed by atoms with E-state index < -0.39 is 5.24 Å². The predicted molar refractivity (Wildman–Crippen MR) is 85.6 cm³/mol. The fourth-order valence-corrected chi connectivity index (χ4v) is 2.22. The summed E-state index contributed by atoms with van der Waals surface area (Å²) in [6, 6.07) is 10.6. The molecule has 0 fully saturated rings. The van der Waals surface area contributed by atoms with Crippen LogP contribution in [0.1, 0.15) is 31.1 Å². The molecule has 2 rings (SSSR count). The van der Waals surface area contributed by atoms with Crippen LogP contribution in [0.3, 0.4) is 0 Å². The molecule has 2 aromatic carbocycles. The molecule has 22 heavy (non-hydrogen) atoms. The van der Waals surface area contributed by atoms with Crippen molar-refractivity contribution in [2.45, 2.75) is 0 Å². The Balaban J connectivity index is 2.56. The number of nitrogens with zero attached hydrogens (tertiary/aromatic N) is 1. The van der Waals surface area contributed by atoms with Gasteiger partial charge in [-0.1, -0.05) is 12.6 Å². The third kappa shape index (κ3) is 3.12. The molecule has 0 N–H and O–H groups in total. The second-order valence-electron chi connectivity index (χ2n) is 4.38. The average molecular weight is 313 g/mol. The number of thiol groups is 1. The van der Waals surface area contributed by atoms with E-state index in [1.54, 1.807) is 24.3 Å². The van der Waals surface area contributed by atoms with Gasteiger partial charge in [0.1, 0.15) is 12.6 Å². The van der Waals surface area contributed by atoms with E-state index in [1.807, 2.05) is 0 Å². The molecule has 0 saturated heterocycles. The van der Waals surface area contributed by atoms with Crippen LogP contribution in [0.15, 0.2) is 42.5 Å². The fourth-order valence-electron chi connectivity index (χ4n) is 2.00. The molecule has 0 radical (unpaired) electrons. The second kappa shape index (κ2) is 6.82. The number of amides is 1. The minimum absolute atomic E-state index is 0.187. The lowest BCUT2D eigenvalue weighted by Gasteiger charge is -2.22. The molecule has 0 aliphatic heterocycles. The third-order valence-electron chi connectivity index (χ3n) is 3.03. The van der Waals surface area contributed by atoms with E-state index >= 15 is 0 Å². The molecule has 0 bridgehead atoms. The molecule has 0 aliphatic rings. The number of carbonyl (C=O) groups is 4. The average Bonchev–Trinajstić information content (AvgIpc) is 2.55. The number of aldehydes is 3. The van der Waals surface area contributed by atoms with Gasteiger partial charge in [-0.05, 0) is 42.5 Å². The Bertz CT molecular complexity index is 740. The third-order valence-corrected chi connectivity index (χ3v) is 3.23. The van der Waals surface area contributed by atoms with E-state index in [9.17, 15) is 19.2 Å². The maximum Gasteiger partial charge on any atom is 0.287 e. The zero-order valence-electron chi connectivity index (χ0n) is 11.3. The summed E-state index contributed by atoms with van der Waals surface area (Å²) in [5, 5.41) is -0.596. The van der Waals surface area contributed by atoms with E-state index in [1.165, 1.54) is 23.1 Å². The normalized spacial score (nSPS) is 9.86. The van der Waals surface area contributed by atoms with Crippen LogP contribution in [0.5, 0.6) is 0 Å². The van der Waals surface area contributed by atoms with Gasteiger partial charge in [-0.25, -0.2) is 0 Å². The summed E-state index contributed by atoms with van der Waals surface area (Å²) in [5.41, 5.74) is 1.73. The molecule has 110 valence electrons. The molecular formula is C16H11NO4S. The monoisotopic (exact) mass is 313 g/mol. The van der Waals surface area contributed by atoms with Crippen molar-refractivity contribution < 1.29 is 19.2 Å². The van der Waals surface area contributed by atoms with Crippen LogP contribution in [0, 0.1) is 0 Å². The summed E-state index contributed by atoms with van der Waals surface area (Å²) in [7, 11) is 0. The molecule has 0 saturated carbocycles. The molecule has 0 heterocycles. The van der Waals surface area contributed by atoms with E-state index in [0.717, 1.165) is 0 Å². The Morgan fingerprint density at radius 1 is 0.864 bits per heavy atom. The topological polar surface area (TPSA) is 71.5 Å². The van der Waals surface area contributed by atoms with E-state index in [0.29, 0.717) is 41.4 Å². The number of anilines is 2. The zero-order chi connectivity index (χ0) is 16.1. The maximum absolute atomic E-state index is 11.9. The summed E-state index contributed by atoms with van der Waals surface area (Å²) < 4.78 is 0. The summed E-state index contributed by atoms with van der Waals surface area (Å²) in [5.74, 6) is 0. The van der Waals surface area contributed by atoms with E-state index in [4.69, 9.17) is 0 Å². The SMILES string of the molecule is O=Cc1ccc(N(C(=O)S)c2ccc(C=O)cc2C=O)cc1. The van der Waals surface area contributed by atoms with Crippen molar-refractivity contribution in [1.82, 2.24) is 0 Å². The van der Waals surface area contributed by atoms with Gasteiger partial charge < -0.3 is 0 Å². The smallest absolute Gasteiger partial charge is 0.287 e. The fraction of sp³-hybridized carbons (Fsp3) is 0. The van der Waals surface area contributed by atoms with Crippen molar-refractivity contribution in [3.8, 4) is 0 Å². The predicted octanol–water partition coefficient (Wildman–Crippen LogP) is 3.31. The van der Waals surface area contributed by atoms with Crippen LogP contribution >= 0.6 is 12.6 Å². The first-order chi connectivity index (χ1) is 10.6. The van der Waals surface area contributed by atoms with Crippen molar-refractivity contribution in [3.63, 3.8) is 0 Å². The van der Waals surface area contributed by atoms with Crippen LogP contribution in [0.2, 0.25) is 0 Å². The number of hydrogen-bond donors (Lipinski definition) is 1. The Hall–Kier alpha value is -2.73. The molecular weight excluding hydrogens is 302 g/mol. The van der Waals surface area contributed by atoms with Gasteiger partial charge >= 0.3 is 0 Å². The first kappa shape index (κ1) is 15.7. The van der Waals surface area contributed by atoms with Crippen molar-refractivity contribution in [2.75, 3.05) is 4.90 Å². The highest BCUT2D eigenvalue weighted by atomic mass is 32.1. The minimum atomic E-state index is -0.596. The van der Waals surface area contributed by atoms with Gasteiger partial charge in [0.05, 0.1) is 5.69 Å². The Kier molecular flexibility index (Phi) is 4.85. The first-order valence-electron chi connectivity index (χ1n) is 6.23. The number of rotatable bonds is 5. The molecule has 0 spiro atoms. The van der Waals surface area contributed by atoms with Crippen molar-refractivity contribution in [2.24, 2.45) is 0 Å². The molecule has 0 unspecified atom stereocenters. The van der Waals surface area contributed by atoms with Crippen molar-refractivity contribution in [1.29, 1.82) is 0 Å². The molecule has 5 nitrogen and oxygen atoms in total. The number of hydrogen-bond acceptors (Lipinski definition) is 4. The number of carbonyl (C=O) groups excluding carboxylic acids is 4. The first-order valence-corrected chi connectivity index (χ1v) is 6.68. The van der Waals surface area contributed by atoms with Crippen molar-refractivity contribution >= 4 is 48.1 Å². The van der Waals surface area contributed by atoms with Crippen LogP contribution in [-0.4, -0.2) is 24.1 Å². The largest absolute Gasteiger partial charge is 0.298 e. The van der Waals surface area contributed by atoms with E-state index in [-0.39, 0.29) is 5.56 Å². The minimum Gasteiger partial charge on any atom is -0.298 e. The van der Waals surface area contributed by atoms with Gasteiger partial charge in [0.15, 0.2) is 6.29 Å². The van der Waals surface area contributed by atoms with Crippen LogP contribution in [0.4, 0.5) is 16.2 Å². The summed E-state index contributed by atoms with van der Waals surface area (Å²) in [6.07, 6.45) is 1.86. The second-order valence-corrected chi connectivity index (χ2v) is 4.76. The van der Waals surface area contributed by atoms with E-state index in [2.05, 4.69) is 12.6 Å². The lowest BCUT2D eigenvalue weighted by atomic mass is 10.1. The van der Waals surface area contributed by atoms with Gasteiger partial charge in [0.25, 0.3) is 5.24 Å². The van der Waals surface area contributed by atoms with Gasteiger partial charge in [-0.3, -0.25) is 24.1 Å². The van der Waals surface area contributed by atoms with Crippen LogP contribution in [0.25, 0.3) is 0 Å². The van der Waals surface area contributed by atoms with Gasteiger partial charge in [0, 0.05) is 22.4 Å². The highest BCUT2D eigenvalue weighted by Crippen LogP contribution is 2.30. The molecule has 0 aromatic heterocycles. The maximum atomic E-state index is 11.9. The van der Waals surface area contributed by atoms with Gasteiger partial charge in [-0.2, -0.15) is 0 Å². The zero-order valence-corrected chi connectivity index (χ0v) is 12.2. The number of benzene rings is 2. The standard InChI is InChI=1S/C16H11NO4S/c18-8-11-1-4-14(5-2-11)17(16(21)22)15-6-3-12(9-19)7-13(15)10-20/h1-10H,(H,21,22). The summed E-state index contributed by atoms with van der Waals surface area (Å²) in [4.78, 5) is 45.8. The lowest BCUT2D eigenvalue weighted by Crippen LogP contribution is -2.21. The molecule has 0 aliphatic carbocycles. The molecule has 6 heteroatoms. The molecule has 0 atom stereocenters. The summed E-state index contributed by atoms with van der Waals surface area (Å²) in [6.45, 7) is 0. The van der Waals surface area contributed by atoms with Gasteiger partial charge in [-0.15, -0.1) is 0 Å². The van der Waals surface area contributed by atoms with Gasteiger partial charge in [0.2, 0.25) is 0 Å². The molecule has 2 aromatic rings. The quantitative estimate of drug-likeness (QED) is 0.679. The van der Waals surface area contributed by atoms with Crippen LogP contribution in [-0.2, 0) is 0 Å². The lowest BCUT2D eigenvalue weighted by molar-refractivity contribution is 0.111. The highest BCUT2D eigenvalue weighted by Gasteiger charge is 2.18. The Labute approximate surface area is 132 Å². The highest BCUT2D eigenvalue weighted by molar-refractivity contribution is 7.97. The van der Waals surface area contributed by atoms with Crippen LogP contribution < -0.4 is 4.90 Å². The Morgan fingerprint density at radius 2 is 1.45 bits per heavy atom. The Morgan fingerprint density at radius 3 is 1.95 bits per heavy atom. The molecule has 1 amide bonds.